The molecule has 2 fully saturated rings. The number of hydrogen-bond donors (Lipinski definition) is 3. The summed E-state index contributed by atoms with van der Waals surface area (Å²) in [7, 11) is 3.01. The lowest BCUT2D eigenvalue weighted by atomic mass is 9.52. The Bertz CT molecular complexity index is 1290. The number of amides is 1. The largest absolute Gasteiger partial charge is 0.507 e. The summed E-state index contributed by atoms with van der Waals surface area (Å²) in [5.74, 6) is -12.3. The first kappa shape index (κ1) is 29.0. The van der Waals surface area contributed by atoms with E-state index in [4.69, 9.17) is 5.73 Å². The van der Waals surface area contributed by atoms with E-state index in [1.165, 1.54) is 25.1 Å². The topological polar surface area (TPSA) is 158 Å². The Morgan fingerprint density at radius 1 is 1.18 bits per heavy atom. The zero-order valence-corrected chi connectivity index (χ0v) is 23.1. The van der Waals surface area contributed by atoms with Crippen molar-refractivity contribution in [2.75, 3.05) is 20.6 Å². The van der Waals surface area contributed by atoms with Crippen molar-refractivity contribution in [2.24, 2.45) is 29.4 Å². The molecule has 11 heteroatoms. The maximum atomic E-state index is 15.9. The number of nitrogens with two attached hydrogens (primary N) is 1. The standard InChI is InChI=1S/C28H36FN3O7/c1-7-32(27(2,3)4)11-13-10-16(33)18-14(20(13)29)8-12-9-15-21(31(5)6)23(35)19(26(30)38)25(37)28(15,39)24(36)17(12)22(18)34/h10,12,15,17,19,21,33,39H,7-9,11H2,1-6H3,(H2,30,38)/t12-,15-,17?,19?,21-,28-/m0/s1. The number of primary amides is 1. The molecule has 1 amide bonds. The molecule has 1 aromatic carbocycles. The number of aliphatic hydroxyl groups is 1. The second-order valence-corrected chi connectivity index (χ2v) is 12.2. The number of carbonyl (C=O) groups is 5. The molecule has 0 heterocycles. The molecular formula is C28H36FN3O7. The second-order valence-electron chi connectivity index (χ2n) is 12.2. The monoisotopic (exact) mass is 545 g/mol. The van der Waals surface area contributed by atoms with Gasteiger partial charge in [0.2, 0.25) is 5.91 Å². The Morgan fingerprint density at radius 2 is 1.79 bits per heavy atom. The predicted octanol–water partition coefficient (Wildman–Crippen LogP) is 0.627. The van der Waals surface area contributed by atoms with Crippen LogP contribution in [0.15, 0.2) is 6.07 Å². The molecule has 10 nitrogen and oxygen atoms in total. The second kappa shape index (κ2) is 9.57. The Labute approximate surface area is 226 Å². The van der Waals surface area contributed by atoms with E-state index in [0.29, 0.717) is 6.54 Å². The fraction of sp³-hybridized carbons (Fsp3) is 0.607. The van der Waals surface area contributed by atoms with Gasteiger partial charge in [0.05, 0.1) is 17.5 Å². The van der Waals surface area contributed by atoms with Crippen LogP contribution in [0.1, 0.15) is 55.6 Å². The van der Waals surface area contributed by atoms with Gasteiger partial charge in [0.15, 0.2) is 34.7 Å². The number of aromatic hydroxyl groups is 1. The molecule has 0 bridgehead atoms. The first-order valence-corrected chi connectivity index (χ1v) is 13.1. The lowest BCUT2D eigenvalue weighted by molar-refractivity contribution is -0.181. The molecule has 2 saturated carbocycles. The molecule has 0 radical (unpaired) electrons. The number of carbonyl (C=O) groups excluding carboxylic acids is 5. The Balaban J connectivity index is 1.82. The predicted molar refractivity (Wildman–Crippen MR) is 137 cm³/mol. The van der Waals surface area contributed by atoms with Crippen LogP contribution < -0.4 is 5.73 Å². The number of halogens is 1. The summed E-state index contributed by atoms with van der Waals surface area (Å²) >= 11 is 0. The number of ketones is 4. The third-order valence-electron chi connectivity index (χ3n) is 8.76. The minimum atomic E-state index is -2.81. The number of fused-ring (bicyclic) bond motifs is 3. The maximum absolute atomic E-state index is 15.9. The van der Waals surface area contributed by atoms with Crippen LogP contribution in [0.3, 0.4) is 0 Å². The molecule has 4 N–H and O–H groups in total. The van der Waals surface area contributed by atoms with E-state index in [-0.39, 0.29) is 41.6 Å². The number of hydrogen-bond acceptors (Lipinski definition) is 9. The van der Waals surface area contributed by atoms with Gasteiger partial charge in [-0.15, -0.1) is 0 Å². The third kappa shape index (κ3) is 4.22. The van der Waals surface area contributed by atoms with E-state index >= 15 is 4.39 Å². The molecule has 3 aliphatic carbocycles. The summed E-state index contributed by atoms with van der Waals surface area (Å²) in [4.78, 5) is 69.3. The first-order valence-electron chi connectivity index (χ1n) is 13.1. The van der Waals surface area contributed by atoms with Gasteiger partial charge in [-0.25, -0.2) is 4.39 Å². The number of rotatable bonds is 5. The van der Waals surface area contributed by atoms with Crippen LogP contribution in [-0.4, -0.2) is 86.9 Å². The van der Waals surface area contributed by atoms with Crippen LogP contribution in [0.2, 0.25) is 0 Å². The van der Waals surface area contributed by atoms with Gasteiger partial charge in [-0.2, -0.15) is 0 Å². The molecule has 2 unspecified atom stereocenters. The van der Waals surface area contributed by atoms with Crippen molar-refractivity contribution in [2.45, 2.75) is 64.3 Å². The van der Waals surface area contributed by atoms with Crippen molar-refractivity contribution in [1.82, 2.24) is 9.80 Å². The number of nitrogens with zero attached hydrogens (tertiary/aromatic N) is 2. The zero-order valence-electron chi connectivity index (χ0n) is 23.1. The quantitative estimate of drug-likeness (QED) is 0.451. The van der Waals surface area contributed by atoms with Crippen molar-refractivity contribution < 1.29 is 38.6 Å². The van der Waals surface area contributed by atoms with Gasteiger partial charge in [0.25, 0.3) is 0 Å². The molecule has 0 saturated heterocycles. The van der Waals surface area contributed by atoms with E-state index in [1.807, 2.05) is 32.6 Å². The van der Waals surface area contributed by atoms with E-state index < -0.39 is 75.9 Å². The number of Topliss-reactive ketones (excluding diaryl/α,β-unsaturated/α-hetero) is 4. The Kier molecular flexibility index (Phi) is 7.11. The molecule has 39 heavy (non-hydrogen) atoms. The van der Waals surface area contributed by atoms with Gasteiger partial charge in [-0.3, -0.25) is 33.8 Å². The van der Waals surface area contributed by atoms with Gasteiger partial charge in [-0.05, 0) is 66.2 Å². The first-order chi connectivity index (χ1) is 18.0. The summed E-state index contributed by atoms with van der Waals surface area (Å²) in [6.07, 6.45) is -0.238. The van der Waals surface area contributed by atoms with Crippen LogP contribution in [0.5, 0.6) is 5.75 Å². The molecule has 0 aromatic heterocycles. The highest BCUT2D eigenvalue weighted by atomic mass is 19.1. The summed E-state index contributed by atoms with van der Waals surface area (Å²) in [5, 5.41) is 22.4. The van der Waals surface area contributed by atoms with E-state index in [0.717, 1.165) is 0 Å². The summed E-state index contributed by atoms with van der Waals surface area (Å²) < 4.78 is 15.9. The molecule has 6 atom stereocenters. The molecule has 4 rings (SSSR count). The number of benzene rings is 1. The summed E-state index contributed by atoms with van der Waals surface area (Å²) in [5.41, 5.74) is 2.05. The summed E-state index contributed by atoms with van der Waals surface area (Å²) in [6.45, 7) is 8.65. The number of likely N-dealkylation sites (N-methyl/N-ethyl adjacent to an activating group) is 1. The van der Waals surface area contributed by atoms with Crippen molar-refractivity contribution >= 4 is 29.0 Å². The Morgan fingerprint density at radius 3 is 2.31 bits per heavy atom. The maximum Gasteiger partial charge on any atom is 0.235 e. The molecule has 1 aromatic rings. The average molecular weight is 546 g/mol. The van der Waals surface area contributed by atoms with E-state index in [9.17, 15) is 34.2 Å². The van der Waals surface area contributed by atoms with Crippen LogP contribution >= 0.6 is 0 Å². The highest BCUT2D eigenvalue weighted by Gasteiger charge is 2.69. The fourth-order valence-electron chi connectivity index (χ4n) is 6.85. The van der Waals surface area contributed by atoms with Crippen LogP contribution in [0, 0.1) is 29.5 Å². The molecule has 3 aliphatic rings. The fourth-order valence-corrected chi connectivity index (χ4v) is 6.85. The Hall–Kier alpha value is -3.02. The van der Waals surface area contributed by atoms with Crippen molar-refractivity contribution in [3.63, 3.8) is 0 Å². The molecule has 212 valence electrons. The van der Waals surface area contributed by atoms with Gasteiger partial charge in [-0.1, -0.05) is 6.92 Å². The van der Waals surface area contributed by atoms with Crippen LogP contribution in [0.25, 0.3) is 0 Å². The van der Waals surface area contributed by atoms with Crippen LogP contribution in [-0.2, 0) is 32.1 Å². The highest BCUT2D eigenvalue weighted by Crippen LogP contribution is 2.51. The van der Waals surface area contributed by atoms with Gasteiger partial charge < -0.3 is 15.9 Å². The smallest absolute Gasteiger partial charge is 0.235 e. The molecular weight excluding hydrogens is 509 g/mol. The number of phenols is 1. The molecule has 0 aliphatic heterocycles. The van der Waals surface area contributed by atoms with Crippen molar-refractivity contribution in [3.8, 4) is 5.75 Å². The van der Waals surface area contributed by atoms with E-state index in [2.05, 4.69) is 0 Å². The van der Waals surface area contributed by atoms with Gasteiger partial charge in [0, 0.05) is 29.1 Å². The normalized spacial score (nSPS) is 30.9. The minimum absolute atomic E-state index is 0.0238. The van der Waals surface area contributed by atoms with Gasteiger partial charge in [0.1, 0.15) is 11.6 Å². The lowest BCUT2D eigenvalue weighted by Gasteiger charge is -2.52. The van der Waals surface area contributed by atoms with Crippen molar-refractivity contribution in [3.05, 3.63) is 28.6 Å². The van der Waals surface area contributed by atoms with Gasteiger partial charge >= 0.3 is 0 Å². The average Bonchev–Trinajstić information content (AvgIpc) is 2.81. The minimum Gasteiger partial charge on any atom is -0.507 e. The van der Waals surface area contributed by atoms with Crippen LogP contribution in [0.4, 0.5) is 4.39 Å². The van der Waals surface area contributed by atoms with E-state index in [1.54, 1.807) is 0 Å². The number of phenolic OH excluding ortho intramolecular Hbond substituents is 1. The highest BCUT2D eigenvalue weighted by molar-refractivity contribution is 6.32. The zero-order chi connectivity index (χ0) is 29.4. The third-order valence-corrected chi connectivity index (χ3v) is 8.76. The van der Waals surface area contributed by atoms with Crippen molar-refractivity contribution in [1.29, 1.82) is 0 Å². The SMILES string of the molecule is CCN(Cc1cc(O)c2c(c1F)C[C@H]1C[C@H]3[C@H](N(C)C)C(=O)C(C(N)=O)C(=O)[C@@]3(O)C(=O)C1C2=O)C(C)(C)C. The summed E-state index contributed by atoms with van der Waals surface area (Å²) in [6, 6.07) is -0.0255. The lowest BCUT2D eigenvalue weighted by Crippen LogP contribution is -2.74. The molecule has 0 spiro atoms.